The minimum absolute atomic E-state index is 0.0689. The van der Waals surface area contributed by atoms with Crippen LogP contribution in [0.4, 0.5) is 0 Å². The van der Waals surface area contributed by atoms with Gasteiger partial charge in [-0.05, 0) is 17.9 Å². The molecular formula is C16H24N2O2. The minimum atomic E-state index is -0.0954. The van der Waals surface area contributed by atoms with Gasteiger partial charge in [0.1, 0.15) is 0 Å². The highest BCUT2D eigenvalue weighted by molar-refractivity contribution is 5.83. The van der Waals surface area contributed by atoms with Crippen LogP contribution >= 0.6 is 0 Å². The zero-order valence-electron chi connectivity index (χ0n) is 12.6. The molecular weight excluding hydrogens is 252 g/mol. The number of carbonyl (C=O) groups is 2. The van der Waals surface area contributed by atoms with Gasteiger partial charge in [-0.1, -0.05) is 44.2 Å². The average Bonchev–Trinajstić information content (AvgIpc) is 2.42. The maximum absolute atomic E-state index is 11.8. The van der Waals surface area contributed by atoms with Crippen LogP contribution in [-0.2, 0) is 16.0 Å². The van der Waals surface area contributed by atoms with E-state index in [1.807, 2.05) is 44.2 Å². The number of hydrogen-bond acceptors (Lipinski definition) is 2. The van der Waals surface area contributed by atoms with Crippen molar-refractivity contribution in [3.63, 3.8) is 0 Å². The van der Waals surface area contributed by atoms with E-state index in [-0.39, 0.29) is 18.4 Å². The number of benzene rings is 1. The first-order chi connectivity index (χ1) is 9.49. The van der Waals surface area contributed by atoms with E-state index in [1.54, 1.807) is 4.90 Å². The second-order valence-corrected chi connectivity index (χ2v) is 5.37. The SMILES string of the molecule is CC(=O)N(CCc1ccccc1)CC(=O)NCC(C)C. The summed E-state index contributed by atoms with van der Waals surface area (Å²) in [5, 5.41) is 2.83. The van der Waals surface area contributed by atoms with Gasteiger partial charge < -0.3 is 10.2 Å². The highest BCUT2D eigenvalue weighted by Crippen LogP contribution is 2.02. The lowest BCUT2D eigenvalue weighted by Gasteiger charge is -2.21. The zero-order valence-corrected chi connectivity index (χ0v) is 12.6. The van der Waals surface area contributed by atoms with Crippen molar-refractivity contribution in [1.29, 1.82) is 0 Å². The molecule has 0 radical (unpaired) electrons. The van der Waals surface area contributed by atoms with Crippen LogP contribution in [0.2, 0.25) is 0 Å². The third-order valence-electron chi connectivity index (χ3n) is 3.00. The van der Waals surface area contributed by atoms with Crippen LogP contribution in [0.5, 0.6) is 0 Å². The lowest BCUT2D eigenvalue weighted by atomic mass is 10.1. The first-order valence-electron chi connectivity index (χ1n) is 7.05. The molecule has 0 aliphatic carbocycles. The molecule has 0 aliphatic rings. The standard InChI is InChI=1S/C16H24N2O2/c1-13(2)11-17-16(20)12-18(14(3)19)10-9-15-7-5-4-6-8-15/h4-8,13H,9-12H2,1-3H3,(H,17,20). The molecule has 1 rings (SSSR count). The molecule has 0 atom stereocenters. The molecule has 0 bridgehead atoms. The third-order valence-corrected chi connectivity index (χ3v) is 3.00. The summed E-state index contributed by atoms with van der Waals surface area (Å²) in [5.41, 5.74) is 1.17. The van der Waals surface area contributed by atoms with Crippen molar-refractivity contribution in [2.75, 3.05) is 19.6 Å². The number of amides is 2. The van der Waals surface area contributed by atoms with Gasteiger partial charge >= 0.3 is 0 Å². The van der Waals surface area contributed by atoms with Crippen molar-refractivity contribution in [2.24, 2.45) is 5.92 Å². The van der Waals surface area contributed by atoms with E-state index in [0.717, 1.165) is 6.42 Å². The molecule has 4 heteroatoms. The summed E-state index contributed by atoms with van der Waals surface area (Å²) >= 11 is 0. The second-order valence-electron chi connectivity index (χ2n) is 5.37. The van der Waals surface area contributed by atoms with Gasteiger partial charge in [0.2, 0.25) is 11.8 Å². The summed E-state index contributed by atoms with van der Waals surface area (Å²) in [6.45, 7) is 6.92. The third kappa shape index (κ3) is 6.36. The van der Waals surface area contributed by atoms with E-state index in [2.05, 4.69) is 5.32 Å². The topological polar surface area (TPSA) is 49.4 Å². The Morgan fingerprint density at radius 1 is 1.20 bits per heavy atom. The quantitative estimate of drug-likeness (QED) is 0.826. The molecule has 0 fully saturated rings. The van der Waals surface area contributed by atoms with Crippen LogP contribution in [0, 0.1) is 5.92 Å². The van der Waals surface area contributed by atoms with E-state index in [9.17, 15) is 9.59 Å². The Bertz CT molecular complexity index is 429. The van der Waals surface area contributed by atoms with Gasteiger partial charge in [-0.25, -0.2) is 0 Å². The van der Waals surface area contributed by atoms with Crippen LogP contribution in [-0.4, -0.2) is 36.3 Å². The van der Waals surface area contributed by atoms with E-state index >= 15 is 0 Å². The van der Waals surface area contributed by atoms with Gasteiger partial charge in [-0.3, -0.25) is 9.59 Å². The van der Waals surface area contributed by atoms with Crippen LogP contribution in [0.25, 0.3) is 0 Å². The predicted octanol–water partition coefficient (Wildman–Crippen LogP) is 1.85. The number of carbonyl (C=O) groups excluding carboxylic acids is 2. The minimum Gasteiger partial charge on any atom is -0.354 e. The monoisotopic (exact) mass is 276 g/mol. The second kappa shape index (κ2) is 8.35. The number of rotatable bonds is 7. The van der Waals surface area contributed by atoms with E-state index in [0.29, 0.717) is 19.0 Å². The molecule has 0 aliphatic heterocycles. The lowest BCUT2D eigenvalue weighted by molar-refractivity contribution is -0.134. The van der Waals surface area contributed by atoms with Crippen molar-refractivity contribution >= 4 is 11.8 Å². The van der Waals surface area contributed by atoms with E-state index < -0.39 is 0 Å². The zero-order chi connectivity index (χ0) is 15.0. The fraction of sp³-hybridized carbons (Fsp3) is 0.500. The van der Waals surface area contributed by atoms with Gasteiger partial charge in [-0.15, -0.1) is 0 Å². The molecule has 2 amide bonds. The Balaban J connectivity index is 2.44. The molecule has 4 nitrogen and oxygen atoms in total. The molecule has 1 aromatic rings. The molecule has 110 valence electrons. The first kappa shape index (κ1) is 16.2. The largest absolute Gasteiger partial charge is 0.354 e. The molecule has 0 saturated carbocycles. The van der Waals surface area contributed by atoms with Crippen molar-refractivity contribution < 1.29 is 9.59 Å². The van der Waals surface area contributed by atoms with Crippen molar-refractivity contribution in [3.8, 4) is 0 Å². The lowest BCUT2D eigenvalue weighted by Crippen LogP contribution is -2.41. The Kier molecular flexibility index (Phi) is 6.77. The van der Waals surface area contributed by atoms with E-state index in [4.69, 9.17) is 0 Å². The fourth-order valence-corrected chi connectivity index (χ4v) is 1.80. The highest BCUT2D eigenvalue weighted by atomic mass is 16.2. The fourth-order valence-electron chi connectivity index (χ4n) is 1.80. The molecule has 0 unspecified atom stereocenters. The summed E-state index contributed by atoms with van der Waals surface area (Å²) in [5.74, 6) is 0.247. The van der Waals surface area contributed by atoms with Crippen LogP contribution in [0.15, 0.2) is 30.3 Å². The molecule has 0 heterocycles. The predicted molar refractivity (Wildman–Crippen MR) is 80.2 cm³/mol. The van der Waals surface area contributed by atoms with Crippen molar-refractivity contribution in [2.45, 2.75) is 27.2 Å². The van der Waals surface area contributed by atoms with Crippen LogP contribution < -0.4 is 5.32 Å². The maximum atomic E-state index is 11.8. The summed E-state index contributed by atoms with van der Waals surface area (Å²) < 4.78 is 0. The molecule has 0 aromatic heterocycles. The number of nitrogens with one attached hydrogen (secondary N) is 1. The molecule has 0 saturated heterocycles. The molecule has 1 N–H and O–H groups in total. The smallest absolute Gasteiger partial charge is 0.239 e. The van der Waals surface area contributed by atoms with Crippen molar-refractivity contribution in [1.82, 2.24) is 10.2 Å². The van der Waals surface area contributed by atoms with Gasteiger partial charge in [0.05, 0.1) is 6.54 Å². The Hall–Kier alpha value is -1.84. The summed E-state index contributed by atoms with van der Waals surface area (Å²) in [6, 6.07) is 9.96. The summed E-state index contributed by atoms with van der Waals surface area (Å²) in [4.78, 5) is 24.9. The summed E-state index contributed by atoms with van der Waals surface area (Å²) in [6.07, 6.45) is 0.762. The van der Waals surface area contributed by atoms with Crippen LogP contribution in [0.3, 0.4) is 0 Å². The molecule has 0 spiro atoms. The van der Waals surface area contributed by atoms with E-state index in [1.165, 1.54) is 12.5 Å². The molecule has 1 aromatic carbocycles. The normalized spacial score (nSPS) is 10.4. The average molecular weight is 276 g/mol. The summed E-state index contributed by atoms with van der Waals surface area (Å²) in [7, 11) is 0. The number of nitrogens with zero attached hydrogens (tertiary/aromatic N) is 1. The Labute approximate surface area is 121 Å². The van der Waals surface area contributed by atoms with Gasteiger partial charge in [0.25, 0.3) is 0 Å². The Morgan fingerprint density at radius 3 is 2.40 bits per heavy atom. The van der Waals surface area contributed by atoms with Gasteiger partial charge in [0.15, 0.2) is 0 Å². The number of hydrogen-bond donors (Lipinski definition) is 1. The molecule has 20 heavy (non-hydrogen) atoms. The van der Waals surface area contributed by atoms with Gasteiger partial charge in [0, 0.05) is 20.0 Å². The Morgan fingerprint density at radius 2 is 1.85 bits per heavy atom. The first-order valence-corrected chi connectivity index (χ1v) is 7.05. The van der Waals surface area contributed by atoms with Crippen LogP contribution in [0.1, 0.15) is 26.3 Å². The highest BCUT2D eigenvalue weighted by Gasteiger charge is 2.13. The van der Waals surface area contributed by atoms with Crippen molar-refractivity contribution in [3.05, 3.63) is 35.9 Å². The maximum Gasteiger partial charge on any atom is 0.239 e. The van der Waals surface area contributed by atoms with Gasteiger partial charge in [-0.2, -0.15) is 0 Å².